The van der Waals surface area contributed by atoms with E-state index in [4.69, 9.17) is 21.4 Å². The van der Waals surface area contributed by atoms with Crippen molar-refractivity contribution in [2.45, 2.75) is 6.61 Å². The van der Waals surface area contributed by atoms with E-state index in [1.54, 1.807) is 0 Å². The smallest absolute Gasteiger partial charge is 0.125 e. The predicted molar refractivity (Wildman–Crippen MR) is 52.8 cm³/mol. The second-order valence-corrected chi connectivity index (χ2v) is 3.25. The Kier molecular flexibility index (Phi) is 3.92. The number of hydrogen-bond acceptors (Lipinski definition) is 2. The Morgan fingerprint density at radius 3 is 2.86 bits per heavy atom. The van der Waals surface area contributed by atoms with Crippen LogP contribution >= 0.6 is 11.6 Å². The summed E-state index contributed by atoms with van der Waals surface area (Å²) >= 11 is 5.50. The topological polar surface area (TPSA) is 29.5 Å². The Bertz CT molecular complexity index is 339. The molecule has 1 aromatic rings. The summed E-state index contributed by atoms with van der Waals surface area (Å²) in [5, 5.41) is 9.25. The van der Waals surface area contributed by atoms with Gasteiger partial charge in [0.05, 0.1) is 6.61 Å². The van der Waals surface area contributed by atoms with Crippen LogP contribution in [0.25, 0.3) is 0 Å². The first-order valence-electron chi connectivity index (χ1n) is 3.99. The van der Waals surface area contributed by atoms with Gasteiger partial charge in [-0.3, -0.25) is 0 Å². The third-order valence-electron chi connectivity index (χ3n) is 1.58. The maximum atomic E-state index is 12.7. The van der Waals surface area contributed by atoms with Gasteiger partial charge in [0.1, 0.15) is 18.2 Å². The van der Waals surface area contributed by atoms with Crippen molar-refractivity contribution in [1.29, 1.82) is 0 Å². The van der Waals surface area contributed by atoms with E-state index in [1.807, 2.05) is 0 Å². The molecule has 0 saturated carbocycles. The molecule has 0 aliphatic carbocycles. The molecule has 0 fully saturated rings. The number of ether oxygens (including phenoxy) is 1. The van der Waals surface area contributed by atoms with Crippen molar-refractivity contribution >= 4 is 11.6 Å². The van der Waals surface area contributed by atoms with Crippen molar-refractivity contribution in [2.24, 2.45) is 0 Å². The van der Waals surface area contributed by atoms with Crippen LogP contribution in [0.5, 0.6) is 5.75 Å². The average Bonchev–Trinajstić information content (AvgIpc) is 2.15. The number of halogens is 2. The lowest BCUT2D eigenvalue weighted by Gasteiger charge is -2.08. The first kappa shape index (κ1) is 11.0. The zero-order valence-corrected chi connectivity index (χ0v) is 8.22. The summed E-state index contributed by atoms with van der Waals surface area (Å²) in [5.74, 6) is 0.00167. The lowest BCUT2D eigenvalue weighted by molar-refractivity contribution is 0.268. The number of aliphatic hydroxyl groups is 1. The van der Waals surface area contributed by atoms with Gasteiger partial charge in [-0.2, -0.15) is 0 Å². The molecule has 0 aliphatic rings. The maximum absolute atomic E-state index is 12.7. The second-order valence-electron chi connectivity index (χ2n) is 2.72. The van der Waals surface area contributed by atoms with E-state index in [2.05, 4.69) is 6.58 Å². The Balaban J connectivity index is 2.80. The lowest BCUT2D eigenvalue weighted by Crippen LogP contribution is -2.00. The molecule has 0 spiro atoms. The van der Waals surface area contributed by atoms with Crippen LogP contribution in [0.2, 0.25) is 0 Å². The minimum absolute atomic E-state index is 0.139. The second kappa shape index (κ2) is 4.98. The first-order valence-corrected chi connectivity index (χ1v) is 4.36. The minimum atomic E-state index is -0.411. The number of rotatable bonds is 4. The van der Waals surface area contributed by atoms with Crippen LogP contribution in [0.1, 0.15) is 5.56 Å². The third kappa shape index (κ3) is 3.01. The Hall–Kier alpha value is -1.06. The third-order valence-corrected chi connectivity index (χ3v) is 1.69. The molecule has 0 unspecified atom stereocenters. The number of aliphatic hydroxyl groups excluding tert-OH is 1. The van der Waals surface area contributed by atoms with Crippen LogP contribution in [-0.2, 0) is 6.61 Å². The van der Waals surface area contributed by atoms with Gasteiger partial charge < -0.3 is 9.84 Å². The summed E-state index contributed by atoms with van der Waals surface area (Å²) < 4.78 is 17.9. The summed E-state index contributed by atoms with van der Waals surface area (Å²) in [6.07, 6.45) is 0. The molecule has 0 amide bonds. The summed E-state index contributed by atoms with van der Waals surface area (Å²) in [6, 6.07) is 3.92. The molecule has 0 bridgehead atoms. The van der Waals surface area contributed by atoms with Gasteiger partial charge in [0.15, 0.2) is 0 Å². The molecule has 0 aromatic heterocycles. The monoisotopic (exact) mass is 216 g/mol. The molecule has 0 aliphatic heterocycles. The van der Waals surface area contributed by atoms with E-state index < -0.39 is 5.82 Å². The highest BCUT2D eigenvalue weighted by molar-refractivity contribution is 6.29. The molecule has 0 heterocycles. The van der Waals surface area contributed by atoms with Crippen molar-refractivity contribution in [2.75, 3.05) is 6.61 Å². The van der Waals surface area contributed by atoms with Gasteiger partial charge in [-0.1, -0.05) is 18.2 Å². The van der Waals surface area contributed by atoms with Gasteiger partial charge >= 0.3 is 0 Å². The molecule has 1 N–H and O–H groups in total. The molecule has 76 valence electrons. The molecular formula is C10H10ClFO2. The highest BCUT2D eigenvalue weighted by Crippen LogP contribution is 2.20. The normalized spacial score (nSPS) is 9.93. The van der Waals surface area contributed by atoms with Crippen LogP contribution in [0, 0.1) is 5.82 Å². The van der Waals surface area contributed by atoms with Gasteiger partial charge in [-0.25, -0.2) is 4.39 Å². The molecule has 0 atom stereocenters. The van der Waals surface area contributed by atoms with E-state index in [0.29, 0.717) is 16.3 Å². The number of hydrogen-bond donors (Lipinski definition) is 1. The fourth-order valence-corrected chi connectivity index (χ4v) is 1.02. The fourth-order valence-electron chi connectivity index (χ4n) is 0.968. The minimum Gasteiger partial charge on any atom is -0.488 e. The summed E-state index contributed by atoms with van der Waals surface area (Å²) in [5.41, 5.74) is 0.392. The Morgan fingerprint density at radius 1 is 1.57 bits per heavy atom. The van der Waals surface area contributed by atoms with Crippen LogP contribution in [0.4, 0.5) is 4.39 Å². The fraction of sp³-hybridized carbons (Fsp3) is 0.200. The average molecular weight is 217 g/mol. The van der Waals surface area contributed by atoms with E-state index >= 15 is 0 Å². The van der Waals surface area contributed by atoms with Crippen molar-refractivity contribution in [3.05, 3.63) is 41.2 Å². The quantitative estimate of drug-likeness (QED) is 0.838. The van der Waals surface area contributed by atoms with E-state index in [0.717, 1.165) is 0 Å². The summed E-state index contributed by atoms with van der Waals surface area (Å²) in [6.45, 7) is 3.31. The van der Waals surface area contributed by atoms with Gasteiger partial charge in [0.25, 0.3) is 0 Å². The van der Waals surface area contributed by atoms with Crippen LogP contribution in [0.15, 0.2) is 29.8 Å². The molecule has 1 aromatic carbocycles. The molecule has 4 heteroatoms. The van der Waals surface area contributed by atoms with Crippen LogP contribution < -0.4 is 4.74 Å². The zero-order chi connectivity index (χ0) is 10.6. The van der Waals surface area contributed by atoms with E-state index in [1.165, 1.54) is 18.2 Å². The van der Waals surface area contributed by atoms with Gasteiger partial charge in [-0.15, -0.1) is 0 Å². The van der Waals surface area contributed by atoms with Crippen molar-refractivity contribution in [3.63, 3.8) is 0 Å². The Labute approximate surface area is 86.6 Å². The lowest BCUT2D eigenvalue weighted by atomic mass is 10.2. The predicted octanol–water partition coefficient (Wildman–Crippen LogP) is 2.45. The van der Waals surface area contributed by atoms with E-state index in [9.17, 15) is 4.39 Å². The molecule has 0 saturated heterocycles. The largest absolute Gasteiger partial charge is 0.488 e. The number of benzene rings is 1. The van der Waals surface area contributed by atoms with Crippen LogP contribution in [-0.4, -0.2) is 11.7 Å². The zero-order valence-electron chi connectivity index (χ0n) is 7.46. The van der Waals surface area contributed by atoms with Crippen LogP contribution in [0.3, 0.4) is 0 Å². The van der Waals surface area contributed by atoms with E-state index in [-0.39, 0.29) is 13.2 Å². The van der Waals surface area contributed by atoms with Crippen molar-refractivity contribution in [1.82, 2.24) is 0 Å². The van der Waals surface area contributed by atoms with Gasteiger partial charge in [0, 0.05) is 10.6 Å². The summed E-state index contributed by atoms with van der Waals surface area (Å²) in [7, 11) is 0. The van der Waals surface area contributed by atoms with Crippen molar-refractivity contribution < 1.29 is 14.2 Å². The molecule has 14 heavy (non-hydrogen) atoms. The first-order chi connectivity index (χ1) is 6.63. The highest BCUT2D eigenvalue weighted by atomic mass is 35.5. The van der Waals surface area contributed by atoms with Crippen molar-refractivity contribution in [3.8, 4) is 5.75 Å². The standard InChI is InChI=1S/C10H10ClFO2/c1-7(11)6-14-10-3-2-9(12)4-8(10)5-13/h2-4,13H,1,5-6H2. The SMILES string of the molecule is C=C(Cl)COc1ccc(F)cc1CO. The van der Waals surface area contributed by atoms with Gasteiger partial charge in [-0.05, 0) is 18.2 Å². The molecule has 2 nitrogen and oxygen atoms in total. The summed E-state index contributed by atoms with van der Waals surface area (Å²) in [4.78, 5) is 0. The maximum Gasteiger partial charge on any atom is 0.125 e. The van der Waals surface area contributed by atoms with Gasteiger partial charge in [0.2, 0.25) is 0 Å². The molecular weight excluding hydrogens is 207 g/mol. The molecule has 1 rings (SSSR count). The highest BCUT2D eigenvalue weighted by Gasteiger charge is 2.04. The molecule has 0 radical (unpaired) electrons. The Morgan fingerprint density at radius 2 is 2.29 bits per heavy atom.